The molecule has 0 radical (unpaired) electrons. The SMILES string of the molecule is CC(N)C(=O)NC(C(=O)NC(Cc1cnc[nH]1)C(=O)N1CCCC1C(=O)O)C(C)C. The van der Waals surface area contributed by atoms with E-state index in [1.54, 1.807) is 13.8 Å². The standard InChI is InChI=1S/C19H30N6O5/c1-10(2)15(24-16(26)11(3)20)17(27)23-13(7-12-8-21-9-22-12)18(28)25-6-4-5-14(25)19(29)30/h8-11,13-15H,4-7,20H2,1-3H3,(H,21,22)(H,23,27)(H,24,26)(H,29,30). The maximum absolute atomic E-state index is 13.2. The van der Waals surface area contributed by atoms with Crippen LogP contribution >= 0.6 is 0 Å². The molecule has 0 aromatic carbocycles. The van der Waals surface area contributed by atoms with Gasteiger partial charge in [0.05, 0.1) is 12.4 Å². The minimum Gasteiger partial charge on any atom is -0.480 e. The number of rotatable bonds is 9. The van der Waals surface area contributed by atoms with Gasteiger partial charge in [0.15, 0.2) is 0 Å². The maximum Gasteiger partial charge on any atom is 0.326 e. The first kappa shape index (κ1) is 23.3. The molecule has 11 heteroatoms. The van der Waals surface area contributed by atoms with Crippen LogP contribution < -0.4 is 16.4 Å². The fourth-order valence-corrected chi connectivity index (χ4v) is 3.38. The summed E-state index contributed by atoms with van der Waals surface area (Å²) in [4.78, 5) is 57.7. The van der Waals surface area contributed by atoms with Crippen molar-refractivity contribution >= 4 is 23.7 Å². The van der Waals surface area contributed by atoms with Gasteiger partial charge >= 0.3 is 5.97 Å². The van der Waals surface area contributed by atoms with E-state index in [2.05, 4.69) is 20.6 Å². The van der Waals surface area contributed by atoms with Crippen molar-refractivity contribution in [3.05, 3.63) is 18.2 Å². The highest BCUT2D eigenvalue weighted by Crippen LogP contribution is 2.19. The highest BCUT2D eigenvalue weighted by molar-refractivity contribution is 5.94. The van der Waals surface area contributed by atoms with Crippen LogP contribution in [0.25, 0.3) is 0 Å². The lowest BCUT2D eigenvalue weighted by molar-refractivity contribution is -0.149. The van der Waals surface area contributed by atoms with Gasteiger partial charge in [0.25, 0.3) is 0 Å². The molecule has 0 spiro atoms. The summed E-state index contributed by atoms with van der Waals surface area (Å²) in [7, 11) is 0. The van der Waals surface area contributed by atoms with Crippen molar-refractivity contribution in [3.63, 3.8) is 0 Å². The van der Waals surface area contributed by atoms with E-state index in [0.717, 1.165) is 0 Å². The highest BCUT2D eigenvalue weighted by atomic mass is 16.4. The molecule has 1 saturated heterocycles. The molecule has 2 heterocycles. The second-order valence-electron chi connectivity index (χ2n) is 7.89. The monoisotopic (exact) mass is 422 g/mol. The van der Waals surface area contributed by atoms with Gasteiger partial charge < -0.3 is 31.4 Å². The third-order valence-electron chi connectivity index (χ3n) is 5.07. The number of nitrogens with one attached hydrogen (secondary N) is 3. The quantitative estimate of drug-likeness (QED) is 0.340. The van der Waals surface area contributed by atoms with Gasteiger partial charge in [-0.05, 0) is 25.7 Å². The van der Waals surface area contributed by atoms with E-state index in [-0.39, 0.29) is 12.3 Å². The molecule has 30 heavy (non-hydrogen) atoms. The number of carbonyl (C=O) groups excluding carboxylic acids is 3. The van der Waals surface area contributed by atoms with Crippen LogP contribution in [0.2, 0.25) is 0 Å². The summed E-state index contributed by atoms with van der Waals surface area (Å²) < 4.78 is 0. The van der Waals surface area contributed by atoms with Crippen molar-refractivity contribution in [2.24, 2.45) is 11.7 Å². The van der Waals surface area contributed by atoms with Gasteiger partial charge in [0, 0.05) is 24.9 Å². The minimum atomic E-state index is -1.07. The van der Waals surface area contributed by atoms with Gasteiger partial charge in [-0.2, -0.15) is 0 Å². The van der Waals surface area contributed by atoms with Gasteiger partial charge in [-0.3, -0.25) is 14.4 Å². The number of hydrogen-bond acceptors (Lipinski definition) is 6. The number of hydrogen-bond donors (Lipinski definition) is 5. The lowest BCUT2D eigenvalue weighted by atomic mass is 10.0. The van der Waals surface area contributed by atoms with Crippen molar-refractivity contribution in [2.75, 3.05) is 6.54 Å². The van der Waals surface area contributed by atoms with Gasteiger partial charge in [-0.25, -0.2) is 9.78 Å². The molecule has 0 aliphatic carbocycles. The smallest absolute Gasteiger partial charge is 0.326 e. The molecule has 2 rings (SSSR count). The Balaban J connectivity index is 2.21. The summed E-state index contributed by atoms with van der Waals surface area (Å²) in [6, 6.07) is -3.61. The van der Waals surface area contributed by atoms with Crippen molar-refractivity contribution in [1.29, 1.82) is 0 Å². The van der Waals surface area contributed by atoms with Gasteiger partial charge in [-0.1, -0.05) is 13.8 Å². The average molecular weight is 422 g/mol. The Labute approximate surface area is 174 Å². The van der Waals surface area contributed by atoms with E-state index < -0.39 is 47.9 Å². The number of H-pyrrole nitrogens is 1. The van der Waals surface area contributed by atoms with E-state index in [4.69, 9.17) is 5.73 Å². The van der Waals surface area contributed by atoms with Crippen molar-refractivity contribution in [2.45, 2.75) is 64.2 Å². The zero-order chi connectivity index (χ0) is 22.4. The Morgan fingerprint density at radius 2 is 1.97 bits per heavy atom. The average Bonchev–Trinajstić information content (AvgIpc) is 3.35. The fraction of sp³-hybridized carbons (Fsp3) is 0.632. The number of imidazole rings is 1. The number of likely N-dealkylation sites (tertiary alicyclic amines) is 1. The summed E-state index contributed by atoms with van der Waals surface area (Å²) in [5.74, 6) is -2.83. The van der Waals surface area contributed by atoms with Gasteiger partial charge in [0.2, 0.25) is 17.7 Å². The Bertz CT molecular complexity index is 763. The number of aliphatic carboxylic acids is 1. The van der Waals surface area contributed by atoms with Gasteiger partial charge in [0.1, 0.15) is 18.1 Å². The molecule has 1 aromatic heterocycles. The second kappa shape index (κ2) is 10.2. The molecular formula is C19H30N6O5. The number of nitrogens with two attached hydrogens (primary N) is 1. The Morgan fingerprint density at radius 3 is 2.50 bits per heavy atom. The van der Waals surface area contributed by atoms with Crippen LogP contribution in [-0.2, 0) is 25.6 Å². The van der Waals surface area contributed by atoms with E-state index in [9.17, 15) is 24.3 Å². The lowest BCUT2D eigenvalue weighted by Gasteiger charge is -2.29. The van der Waals surface area contributed by atoms with Crippen LogP contribution in [0.1, 0.15) is 39.3 Å². The topological polar surface area (TPSA) is 171 Å². The summed E-state index contributed by atoms with van der Waals surface area (Å²) in [6.45, 7) is 5.34. The van der Waals surface area contributed by atoms with Crippen molar-refractivity contribution in [3.8, 4) is 0 Å². The van der Waals surface area contributed by atoms with Crippen LogP contribution in [0.5, 0.6) is 0 Å². The van der Waals surface area contributed by atoms with Crippen LogP contribution in [0.3, 0.4) is 0 Å². The lowest BCUT2D eigenvalue weighted by Crippen LogP contribution is -2.58. The van der Waals surface area contributed by atoms with Gasteiger partial charge in [-0.15, -0.1) is 0 Å². The molecule has 0 saturated carbocycles. The van der Waals surface area contributed by atoms with E-state index >= 15 is 0 Å². The molecule has 11 nitrogen and oxygen atoms in total. The van der Waals surface area contributed by atoms with E-state index in [1.165, 1.54) is 24.3 Å². The first-order chi connectivity index (χ1) is 14.1. The molecule has 1 aromatic rings. The van der Waals surface area contributed by atoms with E-state index in [1.807, 2.05) is 0 Å². The number of amides is 3. The number of aromatic nitrogens is 2. The Hall–Kier alpha value is -2.95. The summed E-state index contributed by atoms with van der Waals surface area (Å²) in [6.07, 6.45) is 4.04. The maximum atomic E-state index is 13.2. The second-order valence-corrected chi connectivity index (χ2v) is 7.89. The molecule has 6 N–H and O–H groups in total. The summed E-state index contributed by atoms with van der Waals surface area (Å²) >= 11 is 0. The number of aromatic amines is 1. The Kier molecular flexibility index (Phi) is 7.93. The summed E-state index contributed by atoms with van der Waals surface area (Å²) in [5, 5.41) is 14.7. The fourth-order valence-electron chi connectivity index (χ4n) is 3.38. The zero-order valence-electron chi connectivity index (χ0n) is 17.4. The highest BCUT2D eigenvalue weighted by Gasteiger charge is 2.38. The molecule has 3 amide bonds. The molecule has 0 bridgehead atoms. The first-order valence-electron chi connectivity index (χ1n) is 9.98. The predicted molar refractivity (Wildman–Crippen MR) is 107 cm³/mol. The van der Waals surface area contributed by atoms with Crippen molar-refractivity contribution < 1.29 is 24.3 Å². The number of carboxylic acids is 1. The molecule has 1 aliphatic rings. The normalized spacial score (nSPS) is 19.2. The van der Waals surface area contributed by atoms with Crippen LogP contribution in [0, 0.1) is 5.92 Å². The van der Waals surface area contributed by atoms with Crippen LogP contribution in [0.4, 0.5) is 0 Å². The van der Waals surface area contributed by atoms with Crippen molar-refractivity contribution in [1.82, 2.24) is 25.5 Å². The Morgan fingerprint density at radius 1 is 1.27 bits per heavy atom. The minimum absolute atomic E-state index is 0.111. The first-order valence-corrected chi connectivity index (χ1v) is 9.98. The molecular weight excluding hydrogens is 392 g/mol. The third kappa shape index (κ3) is 5.78. The number of carbonyl (C=O) groups is 4. The summed E-state index contributed by atoms with van der Waals surface area (Å²) in [5.41, 5.74) is 6.19. The van der Waals surface area contributed by atoms with E-state index in [0.29, 0.717) is 25.1 Å². The predicted octanol–water partition coefficient (Wildman–Crippen LogP) is -0.999. The molecule has 1 fully saturated rings. The zero-order valence-corrected chi connectivity index (χ0v) is 17.4. The molecule has 4 atom stereocenters. The third-order valence-corrected chi connectivity index (χ3v) is 5.07. The molecule has 166 valence electrons. The van der Waals surface area contributed by atoms with Crippen LogP contribution in [-0.4, -0.2) is 74.4 Å². The van der Waals surface area contributed by atoms with Crippen LogP contribution in [0.15, 0.2) is 12.5 Å². The number of carboxylic acid groups (broad SMARTS) is 1. The molecule has 4 unspecified atom stereocenters. The molecule has 1 aliphatic heterocycles. The largest absolute Gasteiger partial charge is 0.480 e. The number of nitrogens with zero attached hydrogens (tertiary/aromatic N) is 2.